The van der Waals surface area contributed by atoms with Gasteiger partial charge in [0.1, 0.15) is 0 Å². The number of carbonyl (C=O) groups excluding carboxylic acids is 2. The summed E-state index contributed by atoms with van der Waals surface area (Å²) >= 11 is 0. The first-order valence-corrected chi connectivity index (χ1v) is 4.43. The van der Waals surface area contributed by atoms with E-state index in [-0.39, 0.29) is 0 Å². The van der Waals surface area contributed by atoms with Gasteiger partial charge in [0, 0.05) is 5.56 Å². The monoisotopic (exact) mass is 191 g/mol. The predicted octanol–water partition coefficient (Wildman–Crippen LogP) is 1.71. The highest BCUT2D eigenvalue weighted by molar-refractivity contribution is 5.91. The van der Waals surface area contributed by atoms with Crippen LogP contribution in [0.25, 0.3) is 0 Å². The molecule has 1 radical (unpaired) electrons. The van der Waals surface area contributed by atoms with Crippen molar-refractivity contribution in [3.63, 3.8) is 0 Å². The van der Waals surface area contributed by atoms with Crippen molar-refractivity contribution in [3.8, 4) is 0 Å². The molecule has 0 aliphatic heterocycles. The van der Waals surface area contributed by atoms with Gasteiger partial charge in [-0.25, -0.2) is 4.79 Å². The molecule has 0 unspecified atom stereocenters. The third-order valence-electron chi connectivity index (χ3n) is 1.65. The van der Waals surface area contributed by atoms with E-state index in [1.54, 1.807) is 24.5 Å². The largest absolute Gasteiger partial charge is 0.462 e. The van der Waals surface area contributed by atoms with E-state index >= 15 is 0 Å². The van der Waals surface area contributed by atoms with Crippen LogP contribution in [0.4, 0.5) is 0 Å². The number of benzene rings is 1. The van der Waals surface area contributed by atoms with Crippen molar-refractivity contribution in [2.24, 2.45) is 0 Å². The van der Waals surface area contributed by atoms with E-state index < -0.39 is 5.97 Å². The van der Waals surface area contributed by atoms with Crippen molar-refractivity contribution < 1.29 is 14.3 Å². The molecule has 1 rings (SSSR count). The Bertz CT molecular complexity index is 331. The van der Waals surface area contributed by atoms with E-state index in [1.807, 2.05) is 6.92 Å². The Morgan fingerprint density at radius 2 is 2.29 bits per heavy atom. The fourth-order valence-electron chi connectivity index (χ4n) is 0.988. The molecule has 1 aromatic carbocycles. The van der Waals surface area contributed by atoms with Crippen LogP contribution in [-0.2, 0) is 9.53 Å². The minimum Gasteiger partial charge on any atom is -0.462 e. The minimum absolute atomic E-state index is 0.357. The van der Waals surface area contributed by atoms with Gasteiger partial charge in [-0.05, 0) is 18.6 Å². The summed E-state index contributed by atoms with van der Waals surface area (Å²) in [6.07, 6.45) is 2.50. The summed E-state index contributed by atoms with van der Waals surface area (Å²) in [6, 6.07) is 6.29. The predicted molar refractivity (Wildman–Crippen MR) is 51.8 cm³/mol. The molecule has 3 heteroatoms. The molecule has 0 aliphatic carbocycles. The molecule has 0 aromatic heterocycles. The van der Waals surface area contributed by atoms with Gasteiger partial charge in [-0.3, -0.25) is 4.79 Å². The number of hydrogen-bond donors (Lipinski definition) is 0. The van der Waals surface area contributed by atoms with Crippen molar-refractivity contribution in [1.82, 2.24) is 0 Å². The molecule has 0 spiro atoms. The van der Waals surface area contributed by atoms with Gasteiger partial charge in [0.25, 0.3) is 0 Å². The molecule has 0 heterocycles. The van der Waals surface area contributed by atoms with Crippen LogP contribution < -0.4 is 0 Å². The SMILES string of the molecule is CCCOC(=O)c1cccc([C]=O)c1. The Morgan fingerprint density at radius 1 is 1.50 bits per heavy atom. The topological polar surface area (TPSA) is 43.4 Å². The van der Waals surface area contributed by atoms with Gasteiger partial charge >= 0.3 is 5.97 Å². The van der Waals surface area contributed by atoms with Crippen LogP contribution in [0.15, 0.2) is 24.3 Å². The van der Waals surface area contributed by atoms with Crippen molar-refractivity contribution in [2.45, 2.75) is 13.3 Å². The number of esters is 1. The standard InChI is InChI=1S/C11H11O3/c1-2-6-14-11(13)10-5-3-4-9(7-10)8-12/h3-5,7H,2,6H2,1H3. The van der Waals surface area contributed by atoms with Gasteiger partial charge < -0.3 is 4.74 Å². The first-order chi connectivity index (χ1) is 6.77. The van der Waals surface area contributed by atoms with E-state index in [1.165, 1.54) is 6.07 Å². The van der Waals surface area contributed by atoms with Crippen LogP contribution in [-0.4, -0.2) is 18.9 Å². The molecule has 1 aromatic rings. The molecule has 3 nitrogen and oxygen atoms in total. The lowest BCUT2D eigenvalue weighted by Crippen LogP contribution is -2.06. The molecular formula is C11H11O3. The molecule has 0 fully saturated rings. The molecule has 0 bridgehead atoms. The third-order valence-corrected chi connectivity index (χ3v) is 1.65. The molecule has 0 amide bonds. The Kier molecular flexibility index (Phi) is 3.85. The van der Waals surface area contributed by atoms with E-state index in [0.29, 0.717) is 17.7 Å². The molecule has 14 heavy (non-hydrogen) atoms. The van der Waals surface area contributed by atoms with E-state index in [9.17, 15) is 9.59 Å². The summed E-state index contributed by atoms with van der Waals surface area (Å²) in [7, 11) is 0. The van der Waals surface area contributed by atoms with Crippen LogP contribution in [0, 0.1) is 0 Å². The molecule has 73 valence electrons. The maximum Gasteiger partial charge on any atom is 0.338 e. The van der Waals surface area contributed by atoms with Crippen LogP contribution in [0.1, 0.15) is 29.3 Å². The zero-order chi connectivity index (χ0) is 10.4. The number of ether oxygens (including phenoxy) is 1. The Hall–Kier alpha value is -1.64. The third kappa shape index (κ3) is 2.69. The Labute approximate surface area is 82.7 Å². The van der Waals surface area contributed by atoms with E-state index in [2.05, 4.69) is 0 Å². The molecule has 0 aliphatic rings. The second kappa shape index (κ2) is 5.17. The van der Waals surface area contributed by atoms with Gasteiger partial charge in [-0.1, -0.05) is 19.1 Å². The quantitative estimate of drug-likeness (QED) is 0.680. The van der Waals surface area contributed by atoms with Crippen LogP contribution >= 0.6 is 0 Å². The van der Waals surface area contributed by atoms with Gasteiger partial charge in [-0.2, -0.15) is 0 Å². The average molecular weight is 191 g/mol. The van der Waals surface area contributed by atoms with Gasteiger partial charge in [0.05, 0.1) is 12.2 Å². The smallest absolute Gasteiger partial charge is 0.338 e. The second-order valence-electron chi connectivity index (χ2n) is 2.82. The Morgan fingerprint density at radius 3 is 2.93 bits per heavy atom. The summed E-state index contributed by atoms with van der Waals surface area (Å²) < 4.78 is 4.91. The Balaban J connectivity index is 2.74. The zero-order valence-electron chi connectivity index (χ0n) is 7.95. The lowest BCUT2D eigenvalue weighted by atomic mass is 10.1. The highest BCUT2D eigenvalue weighted by atomic mass is 16.5. The fourth-order valence-corrected chi connectivity index (χ4v) is 0.988. The zero-order valence-corrected chi connectivity index (χ0v) is 7.95. The number of rotatable bonds is 4. The molecule has 0 saturated carbocycles. The van der Waals surface area contributed by atoms with Crippen molar-refractivity contribution >= 4 is 12.3 Å². The van der Waals surface area contributed by atoms with E-state index in [4.69, 9.17) is 4.74 Å². The maximum atomic E-state index is 11.3. The van der Waals surface area contributed by atoms with Crippen LogP contribution in [0.2, 0.25) is 0 Å². The normalized spacial score (nSPS) is 9.50. The molecule has 0 saturated heterocycles. The van der Waals surface area contributed by atoms with Crippen molar-refractivity contribution in [2.75, 3.05) is 6.61 Å². The summed E-state index contributed by atoms with van der Waals surface area (Å²) in [6.45, 7) is 2.32. The summed E-state index contributed by atoms with van der Waals surface area (Å²) in [5, 5.41) is 0. The lowest BCUT2D eigenvalue weighted by Gasteiger charge is -2.02. The molecule has 0 atom stereocenters. The second-order valence-corrected chi connectivity index (χ2v) is 2.82. The van der Waals surface area contributed by atoms with Gasteiger partial charge in [0.2, 0.25) is 6.29 Å². The van der Waals surface area contributed by atoms with Crippen molar-refractivity contribution in [3.05, 3.63) is 35.4 Å². The van der Waals surface area contributed by atoms with E-state index in [0.717, 1.165) is 6.42 Å². The van der Waals surface area contributed by atoms with Gasteiger partial charge in [0.15, 0.2) is 0 Å². The summed E-state index contributed by atoms with van der Waals surface area (Å²) in [4.78, 5) is 21.6. The summed E-state index contributed by atoms with van der Waals surface area (Å²) in [5.74, 6) is -0.399. The van der Waals surface area contributed by atoms with Gasteiger partial charge in [-0.15, -0.1) is 0 Å². The van der Waals surface area contributed by atoms with Crippen LogP contribution in [0.3, 0.4) is 0 Å². The number of hydrogen-bond acceptors (Lipinski definition) is 3. The van der Waals surface area contributed by atoms with Crippen molar-refractivity contribution in [1.29, 1.82) is 0 Å². The first kappa shape index (κ1) is 10.4. The fraction of sp³-hybridized carbons (Fsp3) is 0.273. The first-order valence-electron chi connectivity index (χ1n) is 4.43. The minimum atomic E-state index is -0.399. The molecule has 0 N–H and O–H groups in total. The lowest BCUT2D eigenvalue weighted by molar-refractivity contribution is 0.0505. The highest BCUT2D eigenvalue weighted by Crippen LogP contribution is 2.05. The highest BCUT2D eigenvalue weighted by Gasteiger charge is 2.06. The average Bonchev–Trinajstić information content (AvgIpc) is 2.26. The molecular weight excluding hydrogens is 180 g/mol. The maximum absolute atomic E-state index is 11.3. The number of carbonyl (C=O) groups is 1. The summed E-state index contributed by atoms with van der Waals surface area (Å²) in [5.41, 5.74) is 0.746. The van der Waals surface area contributed by atoms with Crippen LogP contribution in [0.5, 0.6) is 0 Å².